The largest absolute Gasteiger partial charge is 0.445 e. The van der Waals surface area contributed by atoms with E-state index in [0.29, 0.717) is 54.1 Å². The molecule has 2 aliphatic rings. The molecule has 8 heterocycles. The number of hydrogen-bond acceptors (Lipinski definition) is 13. The Morgan fingerprint density at radius 1 is 0.570 bits per heavy atom. The maximum absolute atomic E-state index is 13.8. The number of rotatable bonds is 12. The van der Waals surface area contributed by atoms with Crippen LogP contribution < -0.4 is 0 Å². The topological polar surface area (TPSA) is 218 Å². The first-order valence-corrected chi connectivity index (χ1v) is 31.4. The van der Waals surface area contributed by atoms with Crippen molar-refractivity contribution < 1.29 is 41.0 Å². The maximum atomic E-state index is 13.8. The number of aromatic nitrogens is 8. The van der Waals surface area contributed by atoms with Gasteiger partial charge < -0.3 is 24.4 Å². The van der Waals surface area contributed by atoms with Crippen LogP contribution in [0.15, 0.2) is 187 Å². The van der Waals surface area contributed by atoms with Gasteiger partial charge in [0, 0.05) is 66.7 Å². The van der Waals surface area contributed by atoms with Crippen LogP contribution >= 0.6 is 0 Å². The third kappa shape index (κ3) is 11.3. The van der Waals surface area contributed by atoms with Crippen molar-refractivity contribution in [3.05, 3.63) is 216 Å². The van der Waals surface area contributed by atoms with Gasteiger partial charge in [0.05, 0.1) is 37.8 Å². The normalized spacial score (nSPS) is 15.9. The molecule has 440 valence electrons. The van der Waals surface area contributed by atoms with Crippen LogP contribution in [0.2, 0.25) is 0 Å². The summed E-state index contributed by atoms with van der Waals surface area (Å²) in [7, 11) is -7.75. The Kier molecular flexibility index (Phi) is 15.5. The van der Waals surface area contributed by atoms with E-state index < -0.39 is 25.6 Å². The molecule has 2 saturated heterocycles. The summed E-state index contributed by atoms with van der Waals surface area (Å²) in [5, 5.41) is 11.9. The monoisotopic (exact) mass is 1190 g/mol. The lowest BCUT2D eigenvalue weighted by Gasteiger charge is -2.31. The number of fused-ring (bicyclic) bond motifs is 6. The van der Waals surface area contributed by atoms with E-state index in [0.717, 1.165) is 81.5 Å². The third-order valence-corrected chi connectivity index (χ3v) is 19.4. The van der Waals surface area contributed by atoms with E-state index in [4.69, 9.17) is 14.5 Å². The fourth-order valence-electron chi connectivity index (χ4n) is 11.4. The summed E-state index contributed by atoms with van der Waals surface area (Å²) in [6.07, 6.45) is 10.5. The van der Waals surface area contributed by atoms with E-state index in [-0.39, 0.29) is 47.0 Å². The summed E-state index contributed by atoms with van der Waals surface area (Å²) in [6, 6.07) is 43.8. The van der Waals surface area contributed by atoms with E-state index in [2.05, 4.69) is 15.0 Å². The molecule has 2 fully saturated rings. The first-order valence-electron chi connectivity index (χ1n) is 28.5. The summed E-state index contributed by atoms with van der Waals surface area (Å²) in [5.41, 5.74) is 8.14. The number of aryl methyl sites for hydroxylation is 2. The molecule has 2 amide bonds. The molecular weight excluding hydrogens is 1130 g/mol. The van der Waals surface area contributed by atoms with Crippen LogP contribution in [0.1, 0.15) is 90.6 Å². The number of carbonyl (C=O) groups excluding carboxylic acids is 2. The second-order valence-corrected chi connectivity index (χ2v) is 26.2. The number of nitrogens with zero attached hydrogens (tertiary/aromatic N) is 10. The van der Waals surface area contributed by atoms with E-state index in [9.17, 15) is 31.5 Å². The number of imidazole rings is 2. The van der Waals surface area contributed by atoms with Crippen molar-refractivity contribution in [1.29, 1.82) is 0 Å². The van der Waals surface area contributed by atoms with Crippen molar-refractivity contribution in [2.75, 3.05) is 26.2 Å². The number of aliphatic hydroxyl groups is 1. The van der Waals surface area contributed by atoms with Gasteiger partial charge in [-0.1, -0.05) is 120 Å². The maximum Gasteiger partial charge on any atom is 0.410 e. The van der Waals surface area contributed by atoms with Gasteiger partial charge in [-0.15, -0.1) is 0 Å². The third-order valence-electron chi connectivity index (χ3n) is 16.1. The van der Waals surface area contributed by atoms with Gasteiger partial charge in [-0.2, -0.15) is 0 Å². The second kappa shape index (κ2) is 23.4. The smallest absolute Gasteiger partial charge is 0.410 e. The molecule has 11 aromatic rings. The zero-order valence-corrected chi connectivity index (χ0v) is 49.6. The second-order valence-electron chi connectivity index (χ2n) is 22.5. The first kappa shape index (κ1) is 57.3. The lowest BCUT2D eigenvalue weighted by Crippen LogP contribution is -2.39. The van der Waals surface area contributed by atoms with Crippen molar-refractivity contribution in [2.45, 2.75) is 93.8 Å². The number of benzene rings is 5. The Balaban J connectivity index is 0.000000173. The Morgan fingerprint density at radius 2 is 1.03 bits per heavy atom. The lowest BCUT2D eigenvalue weighted by atomic mass is 9.94. The lowest BCUT2D eigenvalue weighted by molar-refractivity contribution is 0.0785. The minimum Gasteiger partial charge on any atom is -0.445 e. The Hall–Kier alpha value is -9.18. The molecular formula is C65H64N10O9S2. The van der Waals surface area contributed by atoms with Gasteiger partial charge in [0.2, 0.25) is 0 Å². The molecule has 86 heavy (non-hydrogen) atoms. The first-order chi connectivity index (χ1) is 41.4. The molecule has 6 aromatic heterocycles. The van der Waals surface area contributed by atoms with Crippen molar-refractivity contribution in [3.63, 3.8) is 0 Å². The van der Waals surface area contributed by atoms with E-state index in [1.807, 2.05) is 108 Å². The summed E-state index contributed by atoms with van der Waals surface area (Å²) < 4.78 is 71.8. The van der Waals surface area contributed by atoms with Crippen molar-refractivity contribution in [3.8, 4) is 11.4 Å². The molecule has 2 aliphatic heterocycles. The fraction of sp³-hybridized carbons (Fsp3) is 0.262. The molecule has 0 bridgehead atoms. The van der Waals surface area contributed by atoms with Crippen LogP contribution in [0, 0.1) is 13.8 Å². The minimum atomic E-state index is -3.93. The predicted octanol–water partition coefficient (Wildman–Crippen LogP) is 11.4. The van der Waals surface area contributed by atoms with Crippen molar-refractivity contribution >= 4 is 65.3 Å². The van der Waals surface area contributed by atoms with Crippen molar-refractivity contribution in [1.82, 2.24) is 46.5 Å². The fourth-order valence-corrected chi connectivity index (χ4v) is 14.0. The Morgan fingerprint density at radius 3 is 1.53 bits per heavy atom. The molecule has 2 atom stereocenters. The van der Waals surface area contributed by atoms with E-state index in [1.54, 1.807) is 103 Å². The molecule has 0 saturated carbocycles. The van der Waals surface area contributed by atoms with Crippen molar-refractivity contribution in [2.24, 2.45) is 0 Å². The summed E-state index contributed by atoms with van der Waals surface area (Å²) in [6.45, 7) is 9.79. The van der Waals surface area contributed by atoms with Crippen LogP contribution in [0.5, 0.6) is 0 Å². The Bertz CT molecular complexity index is 4520. The Labute approximate surface area is 497 Å². The van der Waals surface area contributed by atoms with Gasteiger partial charge in [0.15, 0.2) is 11.3 Å². The summed E-state index contributed by atoms with van der Waals surface area (Å²) in [4.78, 5) is 48.8. The molecule has 0 spiro atoms. The highest BCUT2D eigenvalue weighted by Crippen LogP contribution is 2.38. The molecule has 0 aliphatic carbocycles. The predicted molar refractivity (Wildman–Crippen MR) is 326 cm³/mol. The highest BCUT2D eigenvalue weighted by molar-refractivity contribution is 7.90. The average Bonchev–Trinajstić information content (AvgIpc) is 2.15. The molecule has 13 rings (SSSR count). The van der Waals surface area contributed by atoms with Crippen LogP contribution in [0.3, 0.4) is 0 Å². The molecule has 0 radical (unpaired) electrons. The quantitative estimate of drug-likeness (QED) is 0.121. The molecule has 2 unspecified atom stereocenters. The minimum absolute atomic E-state index is 0.0133. The SMILES string of the molecule is Cc1ccc(S(=O)(=O)n2ccc3c2ncn2c(-c4ccc(C(C)(C)O)cc4)nc(C4CCCN(C(=O)OCc5ccccc5)C4)c32)cc1.Cc1ccc(S(=O)(=O)n2ccc3c2ncn2cnc(C4CCCN(C(=O)OCc5ccccc5)C4)c32)cc1. The summed E-state index contributed by atoms with van der Waals surface area (Å²) in [5.74, 6) is 0.486. The van der Waals surface area contributed by atoms with Gasteiger partial charge in [-0.3, -0.25) is 8.80 Å². The van der Waals surface area contributed by atoms with Gasteiger partial charge in [0.1, 0.15) is 38.0 Å². The van der Waals surface area contributed by atoms with Gasteiger partial charge >= 0.3 is 12.2 Å². The molecule has 5 aromatic carbocycles. The van der Waals surface area contributed by atoms with Gasteiger partial charge in [-0.25, -0.2) is 54.3 Å². The number of piperidine rings is 2. The van der Waals surface area contributed by atoms with Gasteiger partial charge in [0.25, 0.3) is 20.0 Å². The van der Waals surface area contributed by atoms with Crippen LogP contribution in [-0.2, 0) is 48.3 Å². The van der Waals surface area contributed by atoms with E-state index in [1.165, 1.54) is 20.3 Å². The standard InChI is InChI=1S/C37H37N5O5S.C28H27N5O4S/c1-25-11-17-30(18-12-25)48(45,46)42-21-19-31-33-32(28-10-7-20-40(22-28)36(43)47-23-26-8-5-4-6-9-26)39-34(41(33)24-38-35(31)42)27-13-15-29(16-14-27)37(2,3)44;1-20-9-11-23(12-10-20)38(35,36)33-15-13-24-26-25(29-18-32(26)19-30-27(24)33)22-8-5-14-31(16-22)28(34)37-17-21-6-3-2-4-7-21/h4-6,8-9,11-19,21,24,28,44H,7,10,20,22-23H2,1-3H3;2-4,6-7,9-13,15,18-19,22H,5,8,14,16-17H2,1H3. The number of ether oxygens (including phenoxy) is 2. The van der Waals surface area contributed by atoms with Crippen LogP contribution in [0.25, 0.3) is 44.5 Å². The molecule has 1 N–H and O–H groups in total. The highest BCUT2D eigenvalue weighted by atomic mass is 32.2. The number of likely N-dealkylation sites (tertiary alicyclic amines) is 2. The molecule has 21 heteroatoms. The highest BCUT2D eigenvalue weighted by Gasteiger charge is 2.33. The summed E-state index contributed by atoms with van der Waals surface area (Å²) >= 11 is 0. The number of carbonyl (C=O) groups is 2. The number of amides is 2. The zero-order valence-electron chi connectivity index (χ0n) is 48.0. The van der Waals surface area contributed by atoms with E-state index >= 15 is 0 Å². The van der Waals surface area contributed by atoms with Gasteiger partial charge in [-0.05, 0) is 106 Å². The number of hydrogen-bond donors (Lipinski definition) is 1. The average molecular weight is 1190 g/mol. The van der Waals surface area contributed by atoms with Crippen LogP contribution in [0.4, 0.5) is 9.59 Å². The van der Waals surface area contributed by atoms with Crippen LogP contribution in [-0.4, -0.2) is 107 Å². The molecule has 19 nitrogen and oxygen atoms in total. The zero-order chi connectivity index (χ0) is 59.9.